The number of aliphatic hydroxyl groups excluding tert-OH is 1. The fourth-order valence-electron chi connectivity index (χ4n) is 3.96. The molecule has 6 heteroatoms. The molecule has 0 saturated heterocycles. The van der Waals surface area contributed by atoms with Gasteiger partial charge in [-0.25, -0.2) is 0 Å². The molecule has 1 unspecified atom stereocenters. The Hall–Kier alpha value is -2.41. The van der Waals surface area contributed by atoms with Crippen LogP contribution >= 0.6 is 0 Å². The Kier molecular flexibility index (Phi) is 8.97. The number of nitrogens with one attached hydrogen (secondary N) is 1. The van der Waals surface area contributed by atoms with Crippen LogP contribution in [0.2, 0.25) is 18.1 Å². The Morgan fingerprint density at radius 1 is 1.03 bits per heavy atom. The maximum atomic E-state index is 12.3. The van der Waals surface area contributed by atoms with Gasteiger partial charge < -0.3 is 19.3 Å². The molecule has 0 amide bonds. The molecule has 0 fully saturated rings. The molecule has 1 heterocycles. The lowest BCUT2D eigenvalue weighted by atomic mass is 9.97. The zero-order valence-electron chi connectivity index (χ0n) is 22.1. The molecule has 2 aromatic carbocycles. The number of hydrogen-bond donors (Lipinski definition) is 2. The molecule has 5 nitrogen and oxygen atoms in total. The molecule has 0 aliphatic heterocycles. The van der Waals surface area contributed by atoms with Crippen molar-refractivity contribution in [2.24, 2.45) is 0 Å². The van der Waals surface area contributed by atoms with Gasteiger partial charge in [0, 0.05) is 17.9 Å². The van der Waals surface area contributed by atoms with Crippen LogP contribution in [-0.2, 0) is 11.0 Å². The molecule has 0 aliphatic rings. The summed E-state index contributed by atoms with van der Waals surface area (Å²) in [5.41, 5.74) is 2.52. The predicted molar refractivity (Wildman–Crippen MR) is 147 cm³/mol. The van der Waals surface area contributed by atoms with E-state index in [1.807, 2.05) is 48.5 Å². The first-order valence-electron chi connectivity index (χ1n) is 12.7. The Balaban J connectivity index is 2.02. The van der Waals surface area contributed by atoms with Gasteiger partial charge in [-0.2, -0.15) is 0 Å². The molecule has 0 spiro atoms. The number of H-pyrrole nitrogens is 1. The third-order valence-electron chi connectivity index (χ3n) is 7.09. The maximum Gasteiger partial charge on any atom is 0.248 e. The van der Waals surface area contributed by atoms with Gasteiger partial charge in [0.2, 0.25) is 5.56 Å². The average Bonchev–Trinajstić information content (AvgIpc) is 2.80. The van der Waals surface area contributed by atoms with Gasteiger partial charge in [0.25, 0.3) is 0 Å². The van der Waals surface area contributed by atoms with Crippen LogP contribution in [0.5, 0.6) is 5.75 Å². The largest absolute Gasteiger partial charge is 0.487 e. The zero-order valence-corrected chi connectivity index (χ0v) is 23.1. The number of benzene rings is 2. The number of aliphatic hydroxyl groups is 1. The van der Waals surface area contributed by atoms with E-state index in [9.17, 15) is 9.90 Å². The monoisotopic (exact) mass is 495 g/mol. The number of ether oxygens (including phenoxy) is 1. The highest BCUT2D eigenvalue weighted by Crippen LogP contribution is 2.43. The molecular formula is C29H41NO4Si. The number of aromatic nitrogens is 1. The lowest BCUT2D eigenvalue weighted by molar-refractivity contribution is 0.0802. The van der Waals surface area contributed by atoms with E-state index in [1.165, 1.54) is 0 Å². The number of aromatic amines is 1. The van der Waals surface area contributed by atoms with E-state index < -0.39 is 14.4 Å². The van der Waals surface area contributed by atoms with E-state index in [0.29, 0.717) is 24.3 Å². The summed E-state index contributed by atoms with van der Waals surface area (Å²) >= 11 is 0. The number of pyridine rings is 1. The summed E-state index contributed by atoms with van der Waals surface area (Å²) in [5.74, 6) is 0.628. The minimum Gasteiger partial charge on any atom is -0.487 e. The summed E-state index contributed by atoms with van der Waals surface area (Å²) in [6.45, 7) is 13.7. The molecule has 2 atom stereocenters. The third kappa shape index (κ3) is 7.06. The van der Waals surface area contributed by atoms with Gasteiger partial charge >= 0.3 is 0 Å². The van der Waals surface area contributed by atoms with Crippen LogP contribution in [0.15, 0.2) is 59.4 Å². The van der Waals surface area contributed by atoms with Crippen molar-refractivity contribution in [2.45, 2.75) is 90.3 Å². The third-order valence-corrected chi connectivity index (χ3v) is 11.6. The Labute approximate surface area is 210 Å². The van der Waals surface area contributed by atoms with Crippen molar-refractivity contribution in [3.8, 4) is 5.75 Å². The maximum absolute atomic E-state index is 12.3. The first kappa shape index (κ1) is 27.2. The molecule has 0 saturated carbocycles. The highest BCUT2D eigenvalue weighted by atomic mass is 28.4. The smallest absolute Gasteiger partial charge is 0.248 e. The molecule has 3 aromatic rings. The van der Waals surface area contributed by atoms with E-state index in [2.05, 4.69) is 45.8 Å². The lowest BCUT2D eigenvalue weighted by Crippen LogP contribution is -2.42. The van der Waals surface area contributed by atoms with Crippen molar-refractivity contribution in [1.29, 1.82) is 0 Å². The Bertz CT molecular complexity index is 1150. The Morgan fingerprint density at radius 3 is 2.40 bits per heavy atom. The molecular weight excluding hydrogens is 454 g/mol. The van der Waals surface area contributed by atoms with E-state index in [4.69, 9.17) is 9.16 Å². The summed E-state index contributed by atoms with van der Waals surface area (Å²) in [6.07, 6.45) is 2.57. The normalized spacial score (nSPS) is 14.1. The molecule has 35 heavy (non-hydrogen) atoms. The van der Waals surface area contributed by atoms with Crippen LogP contribution in [0.1, 0.15) is 70.6 Å². The standard InChI is InChI=1S/C29H41NO4Si/c1-7-8-14-22(31)19-26(34-35(5,6)29(2,3)4)23-15-17-25(28-24(23)16-18-27(32)30-28)33-20-21-12-10-9-11-13-21/h9-13,15-18,22,26,31H,7-8,14,19-20H2,1-6H3,(H,30,32)/t22?,26-/m1/s1. The van der Waals surface area contributed by atoms with Crippen LogP contribution in [-0.4, -0.2) is 24.5 Å². The molecule has 2 N–H and O–H groups in total. The highest BCUT2D eigenvalue weighted by molar-refractivity contribution is 6.74. The quantitative estimate of drug-likeness (QED) is 0.278. The minimum atomic E-state index is -2.13. The first-order valence-corrected chi connectivity index (χ1v) is 15.6. The van der Waals surface area contributed by atoms with Crippen molar-refractivity contribution in [1.82, 2.24) is 4.98 Å². The van der Waals surface area contributed by atoms with Gasteiger partial charge in [0.05, 0.1) is 17.7 Å². The van der Waals surface area contributed by atoms with Gasteiger partial charge in [-0.1, -0.05) is 76.9 Å². The van der Waals surface area contributed by atoms with Crippen molar-refractivity contribution in [3.63, 3.8) is 0 Å². The summed E-state index contributed by atoms with van der Waals surface area (Å²) in [5, 5.41) is 11.8. The van der Waals surface area contributed by atoms with Crippen LogP contribution in [0.25, 0.3) is 10.9 Å². The van der Waals surface area contributed by atoms with E-state index in [0.717, 1.165) is 35.8 Å². The molecule has 1 aromatic heterocycles. The first-order chi connectivity index (χ1) is 16.5. The van der Waals surface area contributed by atoms with Crippen molar-refractivity contribution >= 4 is 19.2 Å². The molecule has 0 aliphatic carbocycles. The van der Waals surface area contributed by atoms with Crippen molar-refractivity contribution in [3.05, 3.63) is 76.1 Å². The summed E-state index contributed by atoms with van der Waals surface area (Å²) in [7, 11) is -2.13. The summed E-state index contributed by atoms with van der Waals surface area (Å²) < 4.78 is 13.0. The second kappa shape index (κ2) is 11.5. The second-order valence-corrected chi connectivity index (χ2v) is 15.7. The van der Waals surface area contributed by atoms with Crippen LogP contribution < -0.4 is 10.3 Å². The van der Waals surface area contributed by atoms with E-state index in [1.54, 1.807) is 6.07 Å². The van der Waals surface area contributed by atoms with Crippen LogP contribution in [0.3, 0.4) is 0 Å². The van der Waals surface area contributed by atoms with Crippen molar-refractivity contribution < 1.29 is 14.3 Å². The molecule has 190 valence electrons. The summed E-state index contributed by atoms with van der Waals surface area (Å²) in [6, 6.07) is 17.3. The van der Waals surface area contributed by atoms with Crippen molar-refractivity contribution in [2.75, 3.05) is 0 Å². The summed E-state index contributed by atoms with van der Waals surface area (Å²) in [4.78, 5) is 15.3. The number of fused-ring (bicyclic) bond motifs is 1. The molecule has 0 radical (unpaired) electrons. The fourth-order valence-corrected chi connectivity index (χ4v) is 5.25. The van der Waals surface area contributed by atoms with E-state index >= 15 is 0 Å². The lowest BCUT2D eigenvalue weighted by Gasteiger charge is -2.40. The molecule has 0 bridgehead atoms. The van der Waals surface area contributed by atoms with Gasteiger partial charge in [0.15, 0.2) is 8.32 Å². The van der Waals surface area contributed by atoms with Gasteiger partial charge in [-0.3, -0.25) is 4.79 Å². The SMILES string of the molecule is CCCCC(O)C[C@@H](O[Si](C)(C)C(C)(C)C)c1ccc(OCc2ccccc2)c2[nH]c(=O)ccc12. The van der Waals surface area contributed by atoms with E-state index in [-0.39, 0.29) is 16.7 Å². The zero-order chi connectivity index (χ0) is 25.6. The minimum absolute atomic E-state index is 0.0302. The highest BCUT2D eigenvalue weighted by Gasteiger charge is 2.40. The Morgan fingerprint density at radius 2 is 1.74 bits per heavy atom. The average molecular weight is 496 g/mol. The number of hydrogen-bond acceptors (Lipinski definition) is 4. The topological polar surface area (TPSA) is 71.5 Å². The fraction of sp³-hybridized carbons (Fsp3) is 0.483. The van der Waals surface area contributed by atoms with Gasteiger partial charge in [-0.15, -0.1) is 0 Å². The second-order valence-electron chi connectivity index (χ2n) is 10.9. The van der Waals surface area contributed by atoms with Crippen LogP contribution in [0, 0.1) is 0 Å². The van der Waals surface area contributed by atoms with Gasteiger partial charge in [0.1, 0.15) is 12.4 Å². The van der Waals surface area contributed by atoms with Crippen LogP contribution in [0.4, 0.5) is 0 Å². The predicted octanol–water partition coefficient (Wildman–Crippen LogP) is 7.11. The number of rotatable bonds is 11. The molecule has 3 rings (SSSR count). The van der Waals surface area contributed by atoms with Gasteiger partial charge in [-0.05, 0) is 47.8 Å². The number of unbranched alkanes of at least 4 members (excludes halogenated alkanes) is 1.